The summed E-state index contributed by atoms with van der Waals surface area (Å²) in [6.07, 6.45) is 0.970. The first-order valence-corrected chi connectivity index (χ1v) is 4.19. The molecule has 2 N–H and O–H groups in total. The van der Waals surface area contributed by atoms with Gasteiger partial charge in [0, 0.05) is 17.8 Å². The third-order valence-electron chi connectivity index (χ3n) is 2.22. The van der Waals surface area contributed by atoms with Gasteiger partial charge in [-0.1, -0.05) is 0 Å². The third-order valence-corrected chi connectivity index (χ3v) is 2.22. The number of rotatable bonds is 2. The number of carbonyl (C=O) groups excluding carboxylic acids is 1. The van der Waals surface area contributed by atoms with Crippen molar-refractivity contribution >= 4 is 6.09 Å². The smallest absolute Gasteiger partial charge is 0.404 e. The van der Waals surface area contributed by atoms with Crippen LogP contribution in [-0.2, 0) is 4.74 Å². The van der Waals surface area contributed by atoms with E-state index in [4.69, 9.17) is 10.5 Å². The van der Waals surface area contributed by atoms with Gasteiger partial charge in [-0.2, -0.15) is 0 Å². The van der Waals surface area contributed by atoms with Gasteiger partial charge in [0.1, 0.15) is 6.10 Å². The van der Waals surface area contributed by atoms with Gasteiger partial charge in [0.05, 0.1) is 0 Å². The summed E-state index contributed by atoms with van der Waals surface area (Å²) >= 11 is 0. The summed E-state index contributed by atoms with van der Waals surface area (Å²) in [5.74, 6) is 0. The molecule has 1 rings (SSSR count). The molecule has 74 valence electrons. The number of nitrogens with two attached hydrogens (primary N) is 1. The maximum Gasteiger partial charge on any atom is 0.404 e. The van der Waals surface area contributed by atoms with E-state index in [9.17, 15) is 14.9 Å². The van der Waals surface area contributed by atoms with Crippen LogP contribution in [0.15, 0.2) is 0 Å². The molecule has 13 heavy (non-hydrogen) atoms. The van der Waals surface area contributed by atoms with Crippen LogP contribution in [-0.4, -0.2) is 23.2 Å². The molecule has 1 saturated carbocycles. The molecule has 6 nitrogen and oxygen atoms in total. The zero-order chi connectivity index (χ0) is 9.84. The van der Waals surface area contributed by atoms with Gasteiger partial charge in [-0.05, 0) is 12.8 Å². The fourth-order valence-electron chi connectivity index (χ4n) is 1.54. The van der Waals surface area contributed by atoms with Crippen molar-refractivity contribution in [2.75, 3.05) is 0 Å². The van der Waals surface area contributed by atoms with Gasteiger partial charge in [0.25, 0.3) is 0 Å². The maximum atomic E-state index is 10.4. The Hall–Kier alpha value is -1.33. The van der Waals surface area contributed by atoms with E-state index in [1.165, 1.54) is 0 Å². The number of amides is 1. The predicted octanol–water partition coefficient (Wildman–Crippen LogP) is 0.670. The number of nitrogens with zero attached hydrogens (tertiary/aromatic N) is 1. The Morgan fingerprint density at radius 3 is 2.31 bits per heavy atom. The molecule has 0 aromatic heterocycles. The molecule has 1 amide bonds. The van der Waals surface area contributed by atoms with Gasteiger partial charge >= 0.3 is 6.09 Å². The summed E-state index contributed by atoms with van der Waals surface area (Å²) in [4.78, 5) is 20.4. The highest BCUT2D eigenvalue weighted by Crippen LogP contribution is 2.22. The number of ether oxygens (including phenoxy) is 1. The number of hydrogen-bond donors (Lipinski definition) is 1. The predicted molar refractivity (Wildman–Crippen MR) is 43.7 cm³/mol. The van der Waals surface area contributed by atoms with Gasteiger partial charge in [-0.3, -0.25) is 10.1 Å². The van der Waals surface area contributed by atoms with E-state index >= 15 is 0 Å². The molecule has 0 unspecified atom stereocenters. The largest absolute Gasteiger partial charge is 0.446 e. The molecule has 0 aromatic rings. The second-order valence-electron chi connectivity index (χ2n) is 3.15. The third kappa shape index (κ3) is 2.89. The molecule has 0 heterocycles. The Balaban J connectivity index is 2.30. The average Bonchev–Trinajstić information content (AvgIpc) is 2.04. The highest BCUT2D eigenvalue weighted by molar-refractivity contribution is 5.64. The van der Waals surface area contributed by atoms with Crippen LogP contribution in [0.2, 0.25) is 0 Å². The van der Waals surface area contributed by atoms with Gasteiger partial charge in [0.15, 0.2) is 0 Å². The van der Waals surface area contributed by atoms with Crippen molar-refractivity contribution in [3.05, 3.63) is 10.1 Å². The van der Waals surface area contributed by atoms with Gasteiger partial charge in [-0.25, -0.2) is 4.79 Å². The first-order chi connectivity index (χ1) is 6.09. The minimum absolute atomic E-state index is 0.228. The quantitative estimate of drug-likeness (QED) is 0.508. The van der Waals surface area contributed by atoms with E-state index in [-0.39, 0.29) is 11.0 Å². The summed E-state index contributed by atoms with van der Waals surface area (Å²) in [7, 11) is 0. The molecule has 1 aliphatic rings. The zero-order valence-electron chi connectivity index (χ0n) is 7.14. The van der Waals surface area contributed by atoms with E-state index in [1.807, 2.05) is 0 Å². The Morgan fingerprint density at radius 2 is 1.92 bits per heavy atom. The summed E-state index contributed by atoms with van der Waals surface area (Å²) in [6, 6.07) is -0.479. The second-order valence-corrected chi connectivity index (χ2v) is 3.15. The van der Waals surface area contributed by atoms with Crippen LogP contribution in [0, 0.1) is 10.1 Å². The van der Waals surface area contributed by atoms with Crippen LogP contribution >= 0.6 is 0 Å². The molecular formula is C7H12N2O4. The van der Waals surface area contributed by atoms with E-state index in [1.54, 1.807) is 0 Å². The highest BCUT2D eigenvalue weighted by Gasteiger charge is 2.29. The fraction of sp³-hybridized carbons (Fsp3) is 0.857. The maximum absolute atomic E-state index is 10.4. The normalized spacial score (nSPS) is 28.0. The van der Waals surface area contributed by atoms with Crippen LogP contribution < -0.4 is 5.73 Å². The zero-order valence-corrected chi connectivity index (χ0v) is 7.14. The van der Waals surface area contributed by atoms with Crippen molar-refractivity contribution < 1.29 is 14.5 Å². The number of carbonyl (C=O) groups is 1. The van der Waals surface area contributed by atoms with Crippen molar-refractivity contribution in [1.29, 1.82) is 0 Å². The number of nitro groups is 1. The lowest BCUT2D eigenvalue weighted by atomic mass is 9.93. The van der Waals surface area contributed by atoms with Crippen LogP contribution in [0.1, 0.15) is 25.7 Å². The Morgan fingerprint density at radius 1 is 1.38 bits per heavy atom. The molecule has 0 bridgehead atoms. The van der Waals surface area contributed by atoms with Crippen molar-refractivity contribution in [1.82, 2.24) is 0 Å². The topological polar surface area (TPSA) is 95.5 Å². The summed E-state index contributed by atoms with van der Waals surface area (Å²) in [6.45, 7) is 0. The molecule has 6 heteroatoms. The molecule has 0 atom stereocenters. The fourth-order valence-corrected chi connectivity index (χ4v) is 1.54. The van der Waals surface area contributed by atoms with Gasteiger partial charge < -0.3 is 10.5 Å². The molecule has 1 fully saturated rings. The molecule has 0 radical (unpaired) electrons. The van der Waals surface area contributed by atoms with Crippen LogP contribution in [0.25, 0.3) is 0 Å². The van der Waals surface area contributed by atoms with Gasteiger partial charge in [-0.15, -0.1) is 0 Å². The van der Waals surface area contributed by atoms with E-state index in [2.05, 4.69) is 0 Å². The summed E-state index contributed by atoms with van der Waals surface area (Å²) in [5, 5.41) is 10.4. The molecule has 0 spiro atoms. The minimum Gasteiger partial charge on any atom is -0.446 e. The first-order valence-electron chi connectivity index (χ1n) is 4.19. The van der Waals surface area contributed by atoms with Crippen LogP contribution in [0.3, 0.4) is 0 Å². The number of hydrogen-bond acceptors (Lipinski definition) is 4. The van der Waals surface area contributed by atoms with Crippen molar-refractivity contribution in [3.63, 3.8) is 0 Å². The number of primary amides is 1. The lowest BCUT2D eigenvalue weighted by molar-refractivity contribution is -0.527. The Kier molecular flexibility index (Phi) is 3.05. The monoisotopic (exact) mass is 188 g/mol. The van der Waals surface area contributed by atoms with E-state index in [0.717, 1.165) is 0 Å². The lowest BCUT2D eigenvalue weighted by Gasteiger charge is -2.22. The van der Waals surface area contributed by atoms with Crippen molar-refractivity contribution in [2.24, 2.45) is 5.73 Å². The molecule has 0 saturated heterocycles. The average molecular weight is 188 g/mol. The van der Waals surface area contributed by atoms with Gasteiger partial charge in [0.2, 0.25) is 6.04 Å². The van der Waals surface area contributed by atoms with Crippen LogP contribution in [0.5, 0.6) is 0 Å². The minimum atomic E-state index is -0.801. The van der Waals surface area contributed by atoms with Crippen molar-refractivity contribution in [3.8, 4) is 0 Å². The van der Waals surface area contributed by atoms with E-state index < -0.39 is 12.1 Å². The second kappa shape index (κ2) is 4.06. The Bertz CT molecular complexity index is 211. The van der Waals surface area contributed by atoms with E-state index in [0.29, 0.717) is 25.7 Å². The van der Waals surface area contributed by atoms with Crippen LogP contribution in [0.4, 0.5) is 4.79 Å². The molecule has 0 aromatic carbocycles. The van der Waals surface area contributed by atoms with Crippen molar-refractivity contribution in [2.45, 2.75) is 37.8 Å². The summed E-state index contributed by atoms with van der Waals surface area (Å²) < 4.78 is 4.74. The Labute approximate surface area is 75.2 Å². The lowest BCUT2D eigenvalue weighted by Crippen LogP contribution is -2.32. The highest BCUT2D eigenvalue weighted by atomic mass is 16.6. The SMILES string of the molecule is NC(=O)O[C@H]1CC[C@H]([N+](=O)[O-])CC1. The summed E-state index contributed by atoms with van der Waals surface area (Å²) in [5.41, 5.74) is 4.82. The first kappa shape index (κ1) is 9.76. The molecular weight excluding hydrogens is 176 g/mol. The molecule has 0 aliphatic heterocycles. The standard InChI is InChI=1S/C7H12N2O4/c8-7(10)13-6-3-1-5(2-4-6)9(11)12/h5-6H,1-4H2,(H2,8,10)/t5-,6-. The molecule has 1 aliphatic carbocycles.